The Labute approximate surface area is 234 Å². The number of nitrogens with one attached hydrogen (secondary N) is 2. The van der Waals surface area contributed by atoms with Gasteiger partial charge in [-0.2, -0.15) is 18.0 Å². The molecule has 0 bridgehead atoms. The second kappa shape index (κ2) is 10.4. The maximum absolute atomic E-state index is 13.0. The molecule has 1 aliphatic carbocycles. The van der Waals surface area contributed by atoms with Crippen molar-refractivity contribution in [3.05, 3.63) is 87.8 Å². The molecule has 0 saturated carbocycles. The van der Waals surface area contributed by atoms with E-state index < -0.39 is 22.9 Å². The van der Waals surface area contributed by atoms with Gasteiger partial charge in [0.15, 0.2) is 0 Å². The molecule has 2 N–H and O–H groups in total. The number of tetrazole rings is 1. The Bertz CT molecular complexity index is 1800. The van der Waals surface area contributed by atoms with Crippen LogP contribution in [0.5, 0.6) is 0 Å². The number of thiophene rings is 1. The van der Waals surface area contributed by atoms with Gasteiger partial charge in [0.1, 0.15) is 22.6 Å². The van der Waals surface area contributed by atoms with Gasteiger partial charge in [0.2, 0.25) is 5.82 Å². The topological polar surface area (TPSA) is 128 Å². The highest BCUT2D eigenvalue weighted by molar-refractivity contribution is 7.19. The minimum atomic E-state index is -4.41. The van der Waals surface area contributed by atoms with Crippen LogP contribution in [0.25, 0.3) is 21.5 Å². The number of aryl methyl sites for hydroxylation is 2. The summed E-state index contributed by atoms with van der Waals surface area (Å²) in [5, 5.41) is 18.3. The molecule has 10 nitrogen and oxygen atoms in total. The van der Waals surface area contributed by atoms with E-state index in [4.69, 9.17) is 0 Å². The molecule has 0 radical (unpaired) electrons. The molecule has 2 amide bonds. The monoisotopic (exact) mass is 578 g/mol. The summed E-state index contributed by atoms with van der Waals surface area (Å²) in [4.78, 5) is 34.5. The Kier molecular flexibility index (Phi) is 6.69. The number of benzene rings is 2. The predicted octanol–water partition coefficient (Wildman–Crippen LogP) is 4.25. The van der Waals surface area contributed by atoms with Gasteiger partial charge in [0.25, 0.3) is 11.8 Å². The summed E-state index contributed by atoms with van der Waals surface area (Å²) in [7, 11) is 1.70. The number of rotatable bonds is 6. The van der Waals surface area contributed by atoms with Crippen molar-refractivity contribution in [3.8, 4) is 11.4 Å². The largest absolute Gasteiger partial charge is 0.425 e. The molecule has 2 aromatic carbocycles. The second-order valence-corrected chi connectivity index (χ2v) is 10.6. The number of carbonyl (C=O) groups is 2. The van der Waals surface area contributed by atoms with Crippen molar-refractivity contribution < 1.29 is 22.8 Å². The Morgan fingerprint density at radius 2 is 1.85 bits per heavy atom. The number of alkyl halides is 3. The highest BCUT2D eigenvalue weighted by atomic mass is 32.1. The molecule has 3 aromatic heterocycles. The lowest BCUT2D eigenvalue weighted by molar-refractivity contribution is -0.134. The number of aromatic nitrogens is 6. The van der Waals surface area contributed by atoms with Crippen molar-refractivity contribution in [2.45, 2.75) is 31.6 Å². The van der Waals surface area contributed by atoms with Crippen molar-refractivity contribution in [3.63, 3.8) is 0 Å². The smallest absolute Gasteiger partial charge is 0.347 e. The van der Waals surface area contributed by atoms with Gasteiger partial charge in [-0.1, -0.05) is 24.3 Å². The standard InChI is InChI=1S/C27H21F3N8O2S/c1-38-36-24(35-37-38)17-4-6-18-15(9-17)5-7-19(18)34-26(40)21-11-20(32-13-33-21)25(39)31-12-14-2-3-16-10-23(27(28,29)30)41-22(16)8-14/h2-4,6,8-11,13,19H,5,7,12H2,1H3,(H,31,39)(H,34,40)/t19-/m1/s1. The lowest BCUT2D eigenvalue weighted by Crippen LogP contribution is -2.29. The molecular formula is C27H21F3N8O2S. The first-order valence-electron chi connectivity index (χ1n) is 12.5. The summed E-state index contributed by atoms with van der Waals surface area (Å²) < 4.78 is 39.5. The third-order valence-corrected chi connectivity index (χ3v) is 7.88. The molecular weight excluding hydrogens is 557 g/mol. The quantitative estimate of drug-likeness (QED) is 0.308. The van der Waals surface area contributed by atoms with Crippen LogP contribution in [0.4, 0.5) is 13.2 Å². The number of fused-ring (bicyclic) bond motifs is 2. The van der Waals surface area contributed by atoms with Crippen LogP contribution in [0.1, 0.15) is 55.0 Å². The molecule has 0 fully saturated rings. The molecule has 5 aromatic rings. The first-order valence-corrected chi connectivity index (χ1v) is 13.3. The third kappa shape index (κ3) is 5.50. The molecule has 0 unspecified atom stereocenters. The van der Waals surface area contributed by atoms with Crippen LogP contribution < -0.4 is 10.6 Å². The van der Waals surface area contributed by atoms with Gasteiger partial charge in [-0.3, -0.25) is 9.59 Å². The van der Waals surface area contributed by atoms with Gasteiger partial charge in [-0.05, 0) is 58.3 Å². The van der Waals surface area contributed by atoms with Crippen LogP contribution in [0.15, 0.2) is 54.9 Å². The summed E-state index contributed by atoms with van der Waals surface area (Å²) in [5.74, 6) is -0.458. The molecule has 41 heavy (non-hydrogen) atoms. The fourth-order valence-corrected chi connectivity index (χ4v) is 5.74. The number of hydrogen-bond donors (Lipinski definition) is 2. The van der Waals surface area contributed by atoms with Crippen LogP contribution in [-0.2, 0) is 26.2 Å². The zero-order valence-electron chi connectivity index (χ0n) is 21.4. The summed E-state index contributed by atoms with van der Waals surface area (Å²) >= 11 is 0.652. The molecule has 0 saturated heterocycles. The zero-order chi connectivity index (χ0) is 28.7. The van der Waals surface area contributed by atoms with Crippen molar-refractivity contribution in [1.82, 2.24) is 40.8 Å². The van der Waals surface area contributed by atoms with Crippen molar-refractivity contribution in [2.24, 2.45) is 7.05 Å². The average molecular weight is 579 g/mol. The van der Waals surface area contributed by atoms with E-state index >= 15 is 0 Å². The van der Waals surface area contributed by atoms with E-state index in [1.165, 1.54) is 10.9 Å². The second-order valence-electron chi connectivity index (χ2n) is 9.53. The van der Waals surface area contributed by atoms with E-state index in [0.717, 1.165) is 35.5 Å². The molecule has 14 heteroatoms. The normalized spacial score (nSPS) is 14.7. The predicted molar refractivity (Wildman–Crippen MR) is 143 cm³/mol. The zero-order valence-corrected chi connectivity index (χ0v) is 22.3. The van der Waals surface area contributed by atoms with Gasteiger partial charge >= 0.3 is 6.18 Å². The van der Waals surface area contributed by atoms with E-state index in [0.29, 0.717) is 39.2 Å². The van der Waals surface area contributed by atoms with Gasteiger partial charge in [0, 0.05) is 22.9 Å². The SMILES string of the molecule is Cn1nnc(-c2ccc3c(c2)CC[C@H]3NC(=O)c2cc(C(=O)NCc3ccc4cc(C(F)(F)F)sc4c3)ncn2)n1. The van der Waals surface area contributed by atoms with Gasteiger partial charge in [0.05, 0.1) is 13.1 Å². The highest BCUT2D eigenvalue weighted by Crippen LogP contribution is 2.38. The Morgan fingerprint density at radius 1 is 1.05 bits per heavy atom. The van der Waals surface area contributed by atoms with Crippen molar-refractivity contribution >= 4 is 33.2 Å². The Morgan fingerprint density at radius 3 is 2.61 bits per heavy atom. The van der Waals surface area contributed by atoms with Crippen LogP contribution in [0.3, 0.4) is 0 Å². The molecule has 6 rings (SSSR count). The first-order chi connectivity index (χ1) is 19.6. The van der Waals surface area contributed by atoms with E-state index in [1.807, 2.05) is 18.2 Å². The highest BCUT2D eigenvalue weighted by Gasteiger charge is 2.32. The molecule has 1 atom stereocenters. The molecule has 208 valence electrons. The fourth-order valence-electron chi connectivity index (χ4n) is 4.74. The van der Waals surface area contributed by atoms with E-state index in [2.05, 4.69) is 36.0 Å². The fraction of sp³-hybridized carbons (Fsp3) is 0.222. The summed E-state index contributed by atoms with van der Waals surface area (Å²) in [6.45, 7) is 0.0739. The van der Waals surface area contributed by atoms with Gasteiger partial charge in [-0.15, -0.1) is 21.5 Å². The van der Waals surface area contributed by atoms with Crippen LogP contribution >= 0.6 is 11.3 Å². The maximum Gasteiger partial charge on any atom is 0.425 e. The lowest BCUT2D eigenvalue weighted by Gasteiger charge is -2.14. The first kappa shape index (κ1) is 26.5. The Hall–Kier alpha value is -4.72. The molecule has 0 aliphatic heterocycles. The molecule has 1 aliphatic rings. The lowest BCUT2D eigenvalue weighted by atomic mass is 10.0. The minimum Gasteiger partial charge on any atom is -0.347 e. The van der Waals surface area contributed by atoms with E-state index in [9.17, 15) is 22.8 Å². The maximum atomic E-state index is 13.0. The summed E-state index contributed by atoms with van der Waals surface area (Å²) in [6, 6.07) is 12.9. The number of nitrogens with zero attached hydrogens (tertiary/aromatic N) is 6. The number of carbonyl (C=O) groups excluding carboxylic acids is 2. The molecule has 3 heterocycles. The average Bonchev–Trinajstić information content (AvgIpc) is 3.69. The minimum absolute atomic E-state index is 0.00496. The van der Waals surface area contributed by atoms with E-state index in [-0.39, 0.29) is 24.0 Å². The van der Waals surface area contributed by atoms with Crippen LogP contribution in [0.2, 0.25) is 0 Å². The van der Waals surface area contributed by atoms with Crippen LogP contribution in [0, 0.1) is 0 Å². The third-order valence-electron chi connectivity index (χ3n) is 6.74. The van der Waals surface area contributed by atoms with Crippen molar-refractivity contribution in [2.75, 3.05) is 0 Å². The van der Waals surface area contributed by atoms with Gasteiger partial charge < -0.3 is 10.6 Å². The number of amides is 2. The van der Waals surface area contributed by atoms with Crippen molar-refractivity contribution in [1.29, 1.82) is 0 Å². The number of halogens is 3. The van der Waals surface area contributed by atoms with Gasteiger partial charge in [-0.25, -0.2) is 9.97 Å². The summed E-state index contributed by atoms with van der Waals surface area (Å²) in [5.41, 5.74) is 3.58. The summed E-state index contributed by atoms with van der Waals surface area (Å²) in [6.07, 6.45) is -1.80. The van der Waals surface area contributed by atoms with Crippen LogP contribution in [-0.4, -0.2) is 42.0 Å². The molecule has 0 spiro atoms. The number of hydrogen-bond acceptors (Lipinski definition) is 8. The van der Waals surface area contributed by atoms with E-state index in [1.54, 1.807) is 25.2 Å². The Balaban J connectivity index is 1.10.